The molecule has 0 aliphatic carbocycles. The van der Waals surface area contributed by atoms with Gasteiger partial charge in [0.2, 0.25) is 5.91 Å². The van der Waals surface area contributed by atoms with E-state index in [4.69, 9.17) is 4.74 Å². The van der Waals surface area contributed by atoms with E-state index in [9.17, 15) is 13.6 Å². The quantitative estimate of drug-likeness (QED) is 0.655. The van der Waals surface area contributed by atoms with Gasteiger partial charge in [0.15, 0.2) is 11.5 Å². The maximum absolute atomic E-state index is 12.5. The summed E-state index contributed by atoms with van der Waals surface area (Å²) in [6.07, 6.45) is 0. The molecule has 0 aliphatic rings. The molecule has 2 N–H and O–H groups in total. The Morgan fingerprint density at radius 1 is 1.27 bits per heavy atom. The van der Waals surface area contributed by atoms with Crippen LogP contribution in [0.5, 0.6) is 11.5 Å². The van der Waals surface area contributed by atoms with Gasteiger partial charge in [-0.05, 0) is 58.2 Å². The van der Waals surface area contributed by atoms with Crippen molar-refractivity contribution in [3.05, 3.63) is 45.9 Å². The number of carbonyl (C=O) groups excluding carboxylic acids is 1. The van der Waals surface area contributed by atoms with Crippen LogP contribution in [0.3, 0.4) is 0 Å². The van der Waals surface area contributed by atoms with Gasteiger partial charge in [-0.2, -0.15) is 8.78 Å². The van der Waals surface area contributed by atoms with Gasteiger partial charge >= 0.3 is 6.61 Å². The topological polar surface area (TPSA) is 59.6 Å². The lowest BCUT2D eigenvalue weighted by molar-refractivity contribution is -0.114. The zero-order valence-electron chi connectivity index (χ0n) is 14.5. The third kappa shape index (κ3) is 5.32. The number of rotatable bonds is 7. The van der Waals surface area contributed by atoms with Gasteiger partial charge in [0, 0.05) is 24.8 Å². The molecule has 0 atom stereocenters. The molecule has 2 aromatic rings. The molecule has 5 nitrogen and oxygen atoms in total. The van der Waals surface area contributed by atoms with E-state index in [1.54, 1.807) is 12.1 Å². The normalized spacial score (nSPS) is 10.6. The second-order valence-electron chi connectivity index (χ2n) is 5.55. The Morgan fingerprint density at radius 2 is 2.00 bits per heavy atom. The molecule has 0 aliphatic heterocycles. The fraction of sp³-hybridized carbons (Fsp3) is 0.278. The van der Waals surface area contributed by atoms with Gasteiger partial charge in [-0.3, -0.25) is 4.79 Å². The van der Waals surface area contributed by atoms with Crippen molar-refractivity contribution in [1.82, 2.24) is 0 Å². The lowest BCUT2D eigenvalue weighted by Crippen LogP contribution is -2.08. The summed E-state index contributed by atoms with van der Waals surface area (Å²) < 4.78 is 35.0. The van der Waals surface area contributed by atoms with Gasteiger partial charge in [0.1, 0.15) is 0 Å². The van der Waals surface area contributed by atoms with Crippen LogP contribution in [0.15, 0.2) is 34.8 Å². The summed E-state index contributed by atoms with van der Waals surface area (Å²) in [7, 11) is 1.39. The molecular weight excluding hydrogens is 410 g/mol. The van der Waals surface area contributed by atoms with E-state index in [2.05, 4.69) is 31.3 Å². The van der Waals surface area contributed by atoms with Crippen molar-refractivity contribution in [1.29, 1.82) is 0 Å². The first kappa shape index (κ1) is 20.0. The first-order valence-electron chi connectivity index (χ1n) is 7.73. The van der Waals surface area contributed by atoms with Crippen LogP contribution >= 0.6 is 15.9 Å². The van der Waals surface area contributed by atoms with Crippen molar-refractivity contribution in [3.63, 3.8) is 0 Å². The van der Waals surface area contributed by atoms with E-state index in [0.717, 1.165) is 22.5 Å². The van der Waals surface area contributed by atoms with Crippen LogP contribution in [0.2, 0.25) is 0 Å². The number of aryl methyl sites for hydroxylation is 1. The Morgan fingerprint density at radius 3 is 2.62 bits per heavy atom. The summed E-state index contributed by atoms with van der Waals surface area (Å²) in [5, 5.41) is 5.99. The summed E-state index contributed by atoms with van der Waals surface area (Å²) in [5.74, 6) is 0.0161. The fourth-order valence-electron chi connectivity index (χ4n) is 2.34. The molecule has 2 aromatic carbocycles. The van der Waals surface area contributed by atoms with Crippen LogP contribution in [0.4, 0.5) is 20.2 Å². The first-order chi connectivity index (χ1) is 12.3. The highest BCUT2D eigenvalue weighted by Crippen LogP contribution is 2.37. The number of hydrogen-bond donors (Lipinski definition) is 2. The molecule has 0 bridgehead atoms. The van der Waals surface area contributed by atoms with Crippen molar-refractivity contribution in [2.45, 2.75) is 27.0 Å². The molecule has 0 saturated heterocycles. The summed E-state index contributed by atoms with van der Waals surface area (Å²) in [4.78, 5) is 11.3. The minimum atomic E-state index is -2.94. The van der Waals surface area contributed by atoms with Crippen LogP contribution in [-0.2, 0) is 11.3 Å². The average Bonchev–Trinajstić information content (AvgIpc) is 2.56. The summed E-state index contributed by atoms with van der Waals surface area (Å²) in [6, 6.07) is 8.91. The number of hydrogen-bond acceptors (Lipinski definition) is 4. The molecule has 0 saturated carbocycles. The molecule has 0 fully saturated rings. The van der Waals surface area contributed by atoms with Crippen LogP contribution in [0, 0.1) is 6.92 Å². The number of nitrogens with one attached hydrogen (secondary N) is 2. The molecule has 0 radical (unpaired) electrons. The van der Waals surface area contributed by atoms with Crippen LogP contribution < -0.4 is 20.1 Å². The number of carbonyl (C=O) groups is 1. The van der Waals surface area contributed by atoms with E-state index < -0.39 is 6.61 Å². The minimum absolute atomic E-state index is 0.0467. The molecule has 0 unspecified atom stereocenters. The van der Waals surface area contributed by atoms with Crippen molar-refractivity contribution in [2.24, 2.45) is 0 Å². The van der Waals surface area contributed by atoms with Gasteiger partial charge in [-0.25, -0.2) is 0 Å². The van der Waals surface area contributed by atoms with Crippen LogP contribution in [0.1, 0.15) is 18.1 Å². The molecule has 140 valence electrons. The van der Waals surface area contributed by atoms with Gasteiger partial charge in [0.25, 0.3) is 0 Å². The highest BCUT2D eigenvalue weighted by molar-refractivity contribution is 9.10. The molecular formula is C18H19BrF2N2O3. The van der Waals surface area contributed by atoms with E-state index in [-0.39, 0.29) is 17.4 Å². The fourth-order valence-corrected chi connectivity index (χ4v) is 2.92. The Bertz CT molecular complexity index is 800. The number of anilines is 2. The highest BCUT2D eigenvalue weighted by atomic mass is 79.9. The zero-order chi connectivity index (χ0) is 19.3. The van der Waals surface area contributed by atoms with E-state index in [1.165, 1.54) is 14.0 Å². The first-order valence-corrected chi connectivity index (χ1v) is 8.52. The Kier molecular flexibility index (Phi) is 6.79. The smallest absolute Gasteiger partial charge is 0.387 e. The van der Waals surface area contributed by atoms with Crippen molar-refractivity contribution < 1.29 is 23.0 Å². The molecule has 26 heavy (non-hydrogen) atoms. The van der Waals surface area contributed by atoms with Crippen molar-refractivity contribution in [2.75, 3.05) is 17.7 Å². The predicted molar refractivity (Wildman–Crippen MR) is 100 cm³/mol. The maximum Gasteiger partial charge on any atom is 0.387 e. The summed E-state index contributed by atoms with van der Waals surface area (Å²) in [6.45, 7) is 0.835. The largest absolute Gasteiger partial charge is 0.493 e. The monoisotopic (exact) mass is 428 g/mol. The molecule has 0 spiro atoms. The number of alkyl halides is 2. The number of benzene rings is 2. The van der Waals surface area contributed by atoms with Gasteiger partial charge in [-0.1, -0.05) is 6.07 Å². The number of ether oxygens (including phenoxy) is 2. The SMILES string of the molecule is COc1cc(CNc2ccc(C)c(NC(C)=O)c2)cc(Br)c1OC(F)F. The molecule has 1 amide bonds. The van der Waals surface area contributed by atoms with E-state index in [0.29, 0.717) is 11.0 Å². The molecule has 0 heterocycles. The van der Waals surface area contributed by atoms with Gasteiger partial charge in [-0.15, -0.1) is 0 Å². The van der Waals surface area contributed by atoms with Crippen LogP contribution in [0.25, 0.3) is 0 Å². The third-order valence-electron chi connectivity index (χ3n) is 3.54. The Labute approximate surface area is 158 Å². The maximum atomic E-state index is 12.5. The van der Waals surface area contributed by atoms with Crippen molar-refractivity contribution >= 4 is 33.2 Å². The minimum Gasteiger partial charge on any atom is -0.493 e. The van der Waals surface area contributed by atoms with E-state index in [1.807, 2.05) is 25.1 Å². The number of halogens is 3. The number of methoxy groups -OCH3 is 1. The molecule has 8 heteroatoms. The summed E-state index contributed by atoms with van der Waals surface area (Å²) in [5.41, 5.74) is 3.28. The lowest BCUT2D eigenvalue weighted by atomic mass is 10.1. The predicted octanol–water partition coefficient (Wildman–Crippen LogP) is 4.94. The second kappa shape index (κ2) is 8.84. The van der Waals surface area contributed by atoms with Gasteiger partial charge in [0.05, 0.1) is 11.6 Å². The Balaban J connectivity index is 2.17. The molecule has 2 rings (SSSR count). The summed E-state index contributed by atoms with van der Waals surface area (Å²) >= 11 is 3.23. The second-order valence-corrected chi connectivity index (χ2v) is 6.41. The van der Waals surface area contributed by atoms with Gasteiger partial charge < -0.3 is 20.1 Å². The average molecular weight is 429 g/mol. The van der Waals surface area contributed by atoms with Crippen molar-refractivity contribution in [3.8, 4) is 11.5 Å². The molecule has 0 aromatic heterocycles. The third-order valence-corrected chi connectivity index (χ3v) is 4.13. The highest BCUT2D eigenvalue weighted by Gasteiger charge is 2.16. The van der Waals surface area contributed by atoms with E-state index >= 15 is 0 Å². The number of amides is 1. The zero-order valence-corrected chi connectivity index (χ0v) is 16.1. The van der Waals surface area contributed by atoms with Crippen LogP contribution in [-0.4, -0.2) is 19.6 Å². The lowest BCUT2D eigenvalue weighted by Gasteiger charge is -2.15. The standard InChI is InChI=1S/C18H19BrF2N2O3/c1-10-4-5-13(8-15(10)23-11(2)24)22-9-12-6-14(19)17(26-18(20)21)16(7-12)25-3/h4-8,18,22H,9H2,1-3H3,(H,23,24). The Hall–Kier alpha value is -2.35.